The molecule has 1 aromatic rings. The normalized spacial score (nSPS) is 11.8. The molecule has 0 aromatic heterocycles. The summed E-state index contributed by atoms with van der Waals surface area (Å²) in [5.41, 5.74) is 4.43. The molecule has 0 unspecified atom stereocenters. The van der Waals surface area contributed by atoms with Crippen molar-refractivity contribution in [1.29, 1.82) is 0 Å². The fourth-order valence-corrected chi connectivity index (χ4v) is 2.14. The van der Waals surface area contributed by atoms with Gasteiger partial charge in [0.2, 0.25) is 0 Å². The van der Waals surface area contributed by atoms with Crippen molar-refractivity contribution in [2.45, 2.75) is 12.1 Å². The van der Waals surface area contributed by atoms with Crippen LogP contribution in [0.15, 0.2) is 16.6 Å². The number of anilines is 1. The molecule has 0 aliphatic heterocycles. The van der Waals surface area contributed by atoms with Crippen molar-refractivity contribution in [1.82, 2.24) is 0 Å². The Morgan fingerprint density at radius 1 is 1.36 bits per heavy atom. The predicted molar refractivity (Wildman–Crippen MR) is 53.1 cm³/mol. The monoisotopic (exact) mass is 287 g/mol. The summed E-state index contributed by atoms with van der Waals surface area (Å²) in [5, 5.41) is 0. The van der Waals surface area contributed by atoms with E-state index in [2.05, 4.69) is 15.9 Å². The highest BCUT2D eigenvalue weighted by Gasteiger charge is 2.36. The Kier molecular flexibility index (Phi) is 3.32. The fraction of sp³-hybridized carbons (Fsp3) is 0.250. The molecule has 0 aliphatic carbocycles. The van der Waals surface area contributed by atoms with E-state index in [1.54, 1.807) is 0 Å². The summed E-state index contributed by atoms with van der Waals surface area (Å²) in [4.78, 5) is 0. The second kappa shape index (κ2) is 3.98. The van der Waals surface area contributed by atoms with E-state index < -0.39 is 11.7 Å². The molecule has 2 N–H and O–H groups in total. The van der Waals surface area contributed by atoms with Crippen molar-refractivity contribution in [3.63, 3.8) is 0 Å². The Hall–Kier alpha value is -0.420. The zero-order chi connectivity index (χ0) is 10.9. The molecule has 0 spiro atoms. The quantitative estimate of drug-likeness (QED) is 0.617. The van der Waals surface area contributed by atoms with Gasteiger partial charge in [-0.15, -0.1) is 11.6 Å². The van der Waals surface area contributed by atoms with Crippen LogP contribution in [-0.2, 0) is 12.1 Å². The van der Waals surface area contributed by atoms with Gasteiger partial charge in [0.25, 0.3) is 0 Å². The van der Waals surface area contributed by atoms with Crippen LogP contribution in [0.3, 0.4) is 0 Å². The molecule has 0 bridgehead atoms. The molecule has 1 nitrogen and oxygen atoms in total. The second-order valence-corrected chi connectivity index (χ2v) is 3.69. The van der Waals surface area contributed by atoms with Gasteiger partial charge >= 0.3 is 6.18 Å². The molecule has 0 amide bonds. The van der Waals surface area contributed by atoms with Gasteiger partial charge in [-0.25, -0.2) is 0 Å². The van der Waals surface area contributed by atoms with E-state index >= 15 is 0 Å². The van der Waals surface area contributed by atoms with Crippen LogP contribution < -0.4 is 5.73 Å². The minimum Gasteiger partial charge on any atom is -0.398 e. The molecule has 0 radical (unpaired) electrons. The summed E-state index contributed by atoms with van der Waals surface area (Å²) >= 11 is 8.31. The predicted octanol–water partition coefficient (Wildman–Crippen LogP) is 3.79. The Morgan fingerprint density at radius 3 is 2.36 bits per heavy atom. The third-order valence-corrected chi connectivity index (χ3v) is 2.88. The van der Waals surface area contributed by atoms with E-state index in [4.69, 9.17) is 17.3 Å². The molecule has 0 fully saturated rings. The van der Waals surface area contributed by atoms with Crippen molar-refractivity contribution in [3.8, 4) is 0 Å². The summed E-state index contributed by atoms with van der Waals surface area (Å²) in [6, 6.07) is 2.66. The first kappa shape index (κ1) is 11.7. The van der Waals surface area contributed by atoms with Gasteiger partial charge < -0.3 is 5.73 Å². The minimum atomic E-state index is -4.47. The van der Waals surface area contributed by atoms with E-state index in [9.17, 15) is 13.2 Å². The van der Waals surface area contributed by atoms with Crippen LogP contribution in [0, 0.1) is 0 Å². The molecule has 78 valence electrons. The first-order valence-electron chi connectivity index (χ1n) is 3.58. The lowest BCUT2D eigenvalue weighted by atomic mass is 10.1. The van der Waals surface area contributed by atoms with Crippen molar-refractivity contribution in [3.05, 3.63) is 27.7 Å². The Labute approximate surface area is 92.2 Å². The summed E-state index contributed by atoms with van der Waals surface area (Å²) in [7, 11) is 0. The van der Waals surface area contributed by atoms with E-state index in [1.165, 1.54) is 12.1 Å². The van der Waals surface area contributed by atoms with Crippen LogP contribution in [0.2, 0.25) is 0 Å². The molecule has 1 aromatic carbocycles. The SMILES string of the molecule is Nc1ccc(CCl)c(Br)c1C(F)(F)F. The van der Waals surface area contributed by atoms with Crippen molar-refractivity contribution >= 4 is 33.2 Å². The summed E-state index contributed by atoms with van der Waals surface area (Å²) in [6.07, 6.45) is -4.47. The fourth-order valence-electron chi connectivity index (χ4n) is 1.03. The maximum absolute atomic E-state index is 12.5. The molecule has 0 saturated heterocycles. The molecule has 0 saturated carbocycles. The van der Waals surface area contributed by atoms with E-state index in [0.29, 0.717) is 5.56 Å². The summed E-state index contributed by atoms with van der Waals surface area (Å²) < 4.78 is 37.3. The number of halogens is 5. The van der Waals surface area contributed by atoms with Crippen molar-refractivity contribution in [2.24, 2.45) is 0 Å². The van der Waals surface area contributed by atoms with Crippen LogP contribution >= 0.6 is 27.5 Å². The second-order valence-electron chi connectivity index (χ2n) is 2.63. The highest BCUT2D eigenvalue weighted by molar-refractivity contribution is 9.10. The lowest BCUT2D eigenvalue weighted by molar-refractivity contribution is -0.137. The zero-order valence-corrected chi connectivity index (χ0v) is 9.17. The highest BCUT2D eigenvalue weighted by atomic mass is 79.9. The largest absolute Gasteiger partial charge is 0.419 e. The molecule has 0 heterocycles. The Bertz CT molecular complexity index is 351. The van der Waals surface area contributed by atoms with E-state index in [1.807, 2.05) is 0 Å². The van der Waals surface area contributed by atoms with Crippen molar-refractivity contribution in [2.75, 3.05) is 5.73 Å². The number of nitrogens with two attached hydrogens (primary N) is 1. The van der Waals surface area contributed by atoms with Gasteiger partial charge in [0.1, 0.15) is 0 Å². The average Bonchev–Trinajstić information content (AvgIpc) is 2.02. The van der Waals surface area contributed by atoms with Gasteiger partial charge in [-0.3, -0.25) is 0 Å². The topological polar surface area (TPSA) is 26.0 Å². The van der Waals surface area contributed by atoms with Gasteiger partial charge in [-0.05, 0) is 27.6 Å². The van der Waals surface area contributed by atoms with Crippen LogP contribution in [0.1, 0.15) is 11.1 Å². The summed E-state index contributed by atoms with van der Waals surface area (Å²) in [6.45, 7) is 0. The van der Waals surface area contributed by atoms with Gasteiger partial charge in [0.15, 0.2) is 0 Å². The van der Waals surface area contributed by atoms with Crippen LogP contribution in [0.4, 0.5) is 18.9 Å². The highest BCUT2D eigenvalue weighted by Crippen LogP contribution is 2.40. The lowest BCUT2D eigenvalue weighted by Gasteiger charge is -2.14. The molecule has 14 heavy (non-hydrogen) atoms. The lowest BCUT2D eigenvalue weighted by Crippen LogP contribution is -2.11. The van der Waals surface area contributed by atoms with Gasteiger partial charge in [0, 0.05) is 16.0 Å². The molecule has 6 heteroatoms. The number of rotatable bonds is 1. The third-order valence-electron chi connectivity index (χ3n) is 1.68. The van der Waals surface area contributed by atoms with Crippen LogP contribution in [-0.4, -0.2) is 0 Å². The molecular formula is C8H6BrClF3N. The third kappa shape index (κ3) is 2.15. The van der Waals surface area contributed by atoms with Gasteiger partial charge in [-0.2, -0.15) is 13.2 Å². The first-order chi connectivity index (χ1) is 6.38. The average molecular weight is 288 g/mol. The maximum atomic E-state index is 12.5. The van der Waals surface area contributed by atoms with Gasteiger partial charge in [-0.1, -0.05) is 6.07 Å². The molecule has 1 rings (SSSR count). The number of hydrogen-bond acceptors (Lipinski definition) is 1. The smallest absolute Gasteiger partial charge is 0.398 e. The first-order valence-corrected chi connectivity index (χ1v) is 4.90. The summed E-state index contributed by atoms with van der Waals surface area (Å²) in [5.74, 6) is 0.00391. The number of hydrogen-bond donors (Lipinski definition) is 1. The van der Waals surface area contributed by atoms with E-state index in [0.717, 1.165) is 0 Å². The Balaban J connectivity index is 3.40. The number of alkyl halides is 4. The zero-order valence-electron chi connectivity index (χ0n) is 6.83. The molecule has 0 atom stereocenters. The van der Waals surface area contributed by atoms with Crippen LogP contribution in [0.25, 0.3) is 0 Å². The number of benzene rings is 1. The molecule has 0 aliphatic rings. The minimum absolute atomic E-state index is 0.00391. The molecular weight excluding hydrogens is 282 g/mol. The van der Waals surface area contributed by atoms with Gasteiger partial charge in [0.05, 0.1) is 5.56 Å². The standard InChI is InChI=1S/C8H6BrClF3N/c9-7-4(3-10)1-2-5(14)6(7)8(11,12)13/h1-2H,3,14H2. The Morgan fingerprint density at radius 2 is 1.93 bits per heavy atom. The van der Waals surface area contributed by atoms with E-state index in [-0.39, 0.29) is 16.0 Å². The van der Waals surface area contributed by atoms with Crippen LogP contribution in [0.5, 0.6) is 0 Å². The van der Waals surface area contributed by atoms with Crippen molar-refractivity contribution < 1.29 is 13.2 Å². The maximum Gasteiger partial charge on any atom is 0.419 e. The number of nitrogen functional groups attached to an aromatic ring is 1.